The first-order chi connectivity index (χ1) is 16.8. The number of carbonyl (C=O) groups is 4. The molecular weight excluding hydrogens is 456 g/mol. The molecule has 0 fully saturated rings. The summed E-state index contributed by atoms with van der Waals surface area (Å²) in [6.45, 7) is -0.177. The number of nitro groups is 1. The SMILES string of the molecule is O=C(CCN1C(=O)c2cccc([N+](=O)[O-])c2C1=O)Oc1ccc(C(=O)OCc2ccccc2)cc1. The molecule has 0 atom stereocenters. The first kappa shape index (κ1) is 23.3. The fourth-order valence-corrected chi connectivity index (χ4v) is 3.52. The minimum Gasteiger partial charge on any atom is -0.457 e. The Bertz CT molecular complexity index is 1320. The Hall–Kier alpha value is -4.86. The Morgan fingerprint density at radius 3 is 2.29 bits per heavy atom. The average Bonchev–Trinajstić information content (AvgIpc) is 3.11. The monoisotopic (exact) mass is 474 g/mol. The Morgan fingerprint density at radius 2 is 1.60 bits per heavy atom. The molecule has 2 amide bonds. The maximum Gasteiger partial charge on any atom is 0.338 e. The van der Waals surface area contributed by atoms with Gasteiger partial charge in [-0.1, -0.05) is 36.4 Å². The Labute approximate surface area is 198 Å². The van der Waals surface area contributed by atoms with E-state index in [-0.39, 0.29) is 42.0 Å². The van der Waals surface area contributed by atoms with Gasteiger partial charge in [0.1, 0.15) is 17.9 Å². The van der Waals surface area contributed by atoms with Gasteiger partial charge < -0.3 is 9.47 Å². The number of esters is 2. The smallest absolute Gasteiger partial charge is 0.338 e. The number of rotatable bonds is 8. The van der Waals surface area contributed by atoms with Crippen LogP contribution in [0.2, 0.25) is 0 Å². The van der Waals surface area contributed by atoms with Crippen molar-refractivity contribution in [1.29, 1.82) is 0 Å². The summed E-state index contributed by atoms with van der Waals surface area (Å²) in [5.41, 5.74) is 0.290. The van der Waals surface area contributed by atoms with Crippen LogP contribution in [-0.2, 0) is 16.1 Å². The molecule has 0 saturated carbocycles. The maximum atomic E-state index is 12.6. The zero-order chi connectivity index (χ0) is 24.9. The molecule has 0 bridgehead atoms. The highest BCUT2D eigenvalue weighted by atomic mass is 16.6. The summed E-state index contributed by atoms with van der Waals surface area (Å²) in [5, 5.41) is 11.2. The van der Waals surface area contributed by atoms with Crippen LogP contribution in [-0.4, -0.2) is 40.1 Å². The van der Waals surface area contributed by atoms with Gasteiger partial charge in [-0.25, -0.2) is 4.79 Å². The molecule has 3 aromatic rings. The van der Waals surface area contributed by atoms with Gasteiger partial charge >= 0.3 is 11.9 Å². The van der Waals surface area contributed by atoms with Gasteiger partial charge in [-0.05, 0) is 35.9 Å². The molecule has 0 unspecified atom stereocenters. The van der Waals surface area contributed by atoms with Gasteiger partial charge in [-0.2, -0.15) is 0 Å². The van der Waals surface area contributed by atoms with Crippen LogP contribution >= 0.6 is 0 Å². The fourth-order valence-electron chi connectivity index (χ4n) is 3.52. The number of amides is 2. The van der Waals surface area contributed by atoms with E-state index < -0.39 is 34.4 Å². The molecule has 4 rings (SSSR count). The van der Waals surface area contributed by atoms with Crippen molar-refractivity contribution in [3.05, 3.63) is 105 Å². The Balaban J connectivity index is 1.31. The van der Waals surface area contributed by atoms with Crippen molar-refractivity contribution in [2.45, 2.75) is 13.0 Å². The van der Waals surface area contributed by atoms with Crippen molar-refractivity contribution >= 4 is 29.4 Å². The summed E-state index contributed by atoms with van der Waals surface area (Å²) < 4.78 is 10.4. The molecular formula is C25H18N2O8. The average molecular weight is 474 g/mol. The van der Waals surface area contributed by atoms with Crippen molar-refractivity contribution in [3.63, 3.8) is 0 Å². The van der Waals surface area contributed by atoms with Gasteiger partial charge in [0.25, 0.3) is 17.5 Å². The number of ether oxygens (including phenoxy) is 2. The summed E-state index contributed by atoms with van der Waals surface area (Å²) >= 11 is 0. The quantitative estimate of drug-likeness (QED) is 0.159. The molecule has 10 heteroatoms. The van der Waals surface area contributed by atoms with Crippen molar-refractivity contribution in [1.82, 2.24) is 4.90 Å². The van der Waals surface area contributed by atoms with E-state index in [0.717, 1.165) is 16.5 Å². The molecule has 0 aromatic heterocycles. The van der Waals surface area contributed by atoms with E-state index in [1.54, 1.807) is 0 Å². The van der Waals surface area contributed by atoms with E-state index in [1.165, 1.54) is 36.4 Å². The number of nitro benzene ring substituents is 1. The van der Waals surface area contributed by atoms with Gasteiger partial charge in [0.2, 0.25) is 0 Å². The highest BCUT2D eigenvalue weighted by Gasteiger charge is 2.40. The number of nitrogens with zero attached hydrogens (tertiary/aromatic N) is 2. The maximum absolute atomic E-state index is 12.6. The summed E-state index contributed by atoms with van der Waals surface area (Å²) in [6.07, 6.45) is -0.319. The molecule has 35 heavy (non-hydrogen) atoms. The van der Waals surface area contributed by atoms with E-state index in [2.05, 4.69) is 0 Å². The Morgan fingerprint density at radius 1 is 0.886 bits per heavy atom. The summed E-state index contributed by atoms with van der Waals surface area (Å²) in [5.74, 6) is -2.64. The third-order valence-corrected chi connectivity index (χ3v) is 5.25. The second-order valence-electron chi connectivity index (χ2n) is 7.53. The molecule has 0 spiro atoms. The number of carbonyl (C=O) groups excluding carboxylic acids is 4. The predicted octanol–water partition coefficient (Wildman–Crippen LogP) is 3.54. The summed E-state index contributed by atoms with van der Waals surface area (Å²) in [4.78, 5) is 60.7. The first-order valence-corrected chi connectivity index (χ1v) is 10.5. The Kier molecular flexibility index (Phi) is 6.63. The molecule has 0 radical (unpaired) electrons. The van der Waals surface area contributed by atoms with Crippen LogP contribution in [0.25, 0.3) is 0 Å². The normalized spacial score (nSPS) is 12.3. The summed E-state index contributed by atoms with van der Waals surface area (Å²) in [7, 11) is 0. The number of imide groups is 1. The van der Waals surface area contributed by atoms with Crippen LogP contribution in [0.15, 0.2) is 72.8 Å². The van der Waals surface area contributed by atoms with E-state index in [9.17, 15) is 29.3 Å². The summed E-state index contributed by atoms with van der Waals surface area (Å²) in [6, 6.07) is 18.7. The predicted molar refractivity (Wildman–Crippen MR) is 121 cm³/mol. The molecule has 176 valence electrons. The van der Waals surface area contributed by atoms with Crippen LogP contribution in [0, 0.1) is 10.1 Å². The van der Waals surface area contributed by atoms with Crippen LogP contribution in [0.3, 0.4) is 0 Å². The van der Waals surface area contributed by atoms with E-state index in [1.807, 2.05) is 30.3 Å². The fraction of sp³-hybridized carbons (Fsp3) is 0.120. The molecule has 3 aromatic carbocycles. The molecule has 0 aliphatic carbocycles. The lowest BCUT2D eigenvalue weighted by Gasteiger charge is -2.13. The topological polar surface area (TPSA) is 133 Å². The van der Waals surface area contributed by atoms with Gasteiger partial charge in [-0.3, -0.25) is 29.4 Å². The van der Waals surface area contributed by atoms with Crippen molar-refractivity contribution in [3.8, 4) is 5.75 Å². The van der Waals surface area contributed by atoms with E-state index in [0.29, 0.717) is 0 Å². The van der Waals surface area contributed by atoms with Crippen molar-refractivity contribution in [2.24, 2.45) is 0 Å². The minimum atomic E-state index is -0.830. The second kappa shape index (κ2) is 9.96. The van der Waals surface area contributed by atoms with Crippen LogP contribution in [0.1, 0.15) is 43.1 Å². The number of benzene rings is 3. The number of hydrogen-bond acceptors (Lipinski definition) is 8. The van der Waals surface area contributed by atoms with Gasteiger partial charge in [0.05, 0.1) is 22.5 Å². The number of hydrogen-bond donors (Lipinski definition) is 0. The molecule has 1 aliphatic rings. The van der Waals surface area contributed by atoms with E-state index >= 15 is 0 Å². The van der Waals surface area contributed by atoms with E-state index in [4.69, 9.17) is 9.47 Å². The molecule has 0 N–H and O–H groups in total. The van der Waals surface area contributed by atoms with Crippen molar-refractivity contribution < 1.29 is 33.6 Å². The first-order valence-electron chi connectivity index (χ1n) is 10.5. The van der Waals surface area contributed by atoms with Gasteiger partial charge in [-0.15, -0.1) is 0 Å². The molecule has 1 heterocycles. The van der Waals surface area contributed by atoms with Crippen molar-refractivity contribution in [2.75, 3.05) is 6.54 Å². The van der Waals surface area contributed by atoms with Crippen LogP contribution < -0.4 is 4.74 Å². The number of fused-ring (bicyclic) bond motifs is 1. The second-order valence-corrected chi connectivity index (χ2v) is 7.53. The third kappa shape index (κ3) is 5.06. The zero-order valence-corrected chi connectivity index (χ0v) is 18.2. The highest BCUT2D eigenvalue weighted by molar-refractivity contribution is 6.23. The zero-order valence-electron chi connectivity index (χ0n) is 18.2. The molecule has 0 saturated heterocycles. The standard InChI is InChI=1S/C25H18N2O8/c28-21(13-14-26-23(29)19-7-4-8-20(27(32)33)22(19)24(26)30)35-18-11-9-17(10-12-18)25(31)34-15-16-5-2-1-3-6-16/h1-12H,13-15H2. The van der Waals surface area contributed by atoms with Gasteiger partial charge in [0.15, 0.2) is 0 Å². The van der Waals surface area contributed by atoms with Crippen LogP contribution in [0.4, 0.5) is 5.69 Å². The lowest BCUT2D eigenvalue weighted by atomic mass is 10.1. The largest absolute Gasteiger partial charge is 0.457 e. The third-order valence-electron chi connectivity index (χ3n) is 5.25. The lowest BCUT2D eigenvalue weighted by Crippen LogP contribution is -2.32. The van der Waals surface area contributed by atoms with Gasteiger partial charge in [0, 0.05) is 12.6 Å². The lowest BCUT2D eigenvalue weighted by molar-refractivity contribution is -0.385. The minimum absolute atomic E-state index is 0.0766. The molecule has 1 aliphatic heterocycles. The van der Waals surface area contributed by atoms with Crippen LogP contribution in [0.5, 0.6) is 5.75 Å². The highest BCUT2D eigenvalue weighted by Crippen LogP contribution is 2.30. The molecule has 10 nitrogen and oxygen atoms in total.